The van der Waals surface area contributed by atoms with Gasteiger partial charge in [0.25, 0.3) is 0 Å². The molecule has 0 radical (unpaired) electrons. The van der Waals surface area contributed by atoms with Gasteiger partial charge in [-0.2, -0.15) is 0 Å². The zero-order chi connectivity index (χ0) is 13.9. The molecule has 0 unspecified atom stereocenters. The second-order valence-corrected chi connectivity index (χ2v) is 4.07. The Morgan fingerprint density at radius 1 is 0.444 bits per heavy atom. The van der Waals surface area contributed by atoms with Crippen molar-refractivity contribution < 1.29 is 0 Å². The molecule has 0 aliphatic heterocycles. The van der Waals surface area contributed by atoms with Crippen LogP contribution in [0, 0.1) is 0 Å². The minimum Gasteiger partial charge on any atom is -0.330 e. The van der Waals surface area contributed by atoms with Crippen molar-refractivity contribution in [2.45, 2.75) is 25.7 Å². The molecule has 0 aromatic carbocycles. The average Bonchev–Trinajstić information content (AvgIpc) is 2.40. The van der Waals surface area contributed by atoms with E-state index in [1.807, 2.05) is 0 Å². The zero-order valence-corrected chi connectivity index (χ0v) is 11.8. The maximum atomic E-state index is 5.28. The Morgan fingerprint density at radius 2 is 0.833 bits per heavy atom. The zero-order valence-electron chi connectivity index (χ0n) is 11.8. The molecule has 0 fully saturated rings. The number of unbranched alkanes of at least 4 members (excludes halogenated alkanes) is 3. The number of nitrogens with two attached hydrogens (primary N) is 4. The maximum absolute atomic E-state index is 5.28. The van der Waals surface area contributed by atoms with Gasteiger partial charge < -0.3 is 33.6 Å². The van der Waals surface area contributed by atoms with Gasteiger partial charge in [0, 0.05) is 39.3 Å². The highest BCUT2D eigenvalue weighted by Gasteiger charge is 1.84. The van der Waals surface area contributed by atoms with Crippen molar-refractivity contribution in [1.29, 1.82) is 0 Å². The molecule has 6 heteroatoms. The fourth-order valence-electron chi connectivity index (χ4n) is 1.27. The van der Waals surface area contributed by atoms with Crippen molar-refractivity contribution in [3.8, 4) is 0 Å². The van der Waals surface area contributed by atoms with Crippen molar-refractivity contribution in [1.82, 2.24) is 10.6 Å². The van der Waals surface area contributed by atoms with Gasteiger partial charge in [-0.25, -0.2) is 0 Å². The van der Waals surface area contributed by atoms with Gasteiger partial charge in [-0.3, -0.25) is 0 Å². The quantitative estimate of drug-likeness (QED) is 0.239. The summed E-state index contributed by atoms with van der Waals surface area (Å²) in [6, 6.07) is 0. The van der Waals surface area contributed by atoms with E-state index >= 15 is 0 Å². The third-order valence-electron chi connectivity index (χ3n) is 2.28. The smallest absolute Gasteiger partial charge is 0.00772 e. The molecule has 0 saturated heterocycles. The lowest BCUT2D eigenvalue weighted by Crippen LogP contribution is -2.32. The molecule has 0 aliphatic carbocycles. The first-order chi connectivity index (χ1) is 8.83. The van der Waals surface area contributed by atoms with E-state index in [-0.39, 0.29) is 0 Å². The van der Waals surface area contributed by atoms with Crippen LogP contribution in [0.4, 0.5) is 0 Å². The second-order valence-electron chi connectivity index (χ2n) is 4.07. The summed E-state index contributed by atoms with van der Waals surface area (Å²) in [5, 5.41) is 6.33. The molecule has 10 N–H and O–H groups in total. The van der Waals surface area contributed by atoms with Gasteiger partial charge in [0.05, 0.1) is 0 Å². The molecule has 112 valence electrons. The van der Waals surface area contributed by atoms with Gasteiger partial charge in [-0.1, -0.05) is 12.8 Å². The van der Waals surface area contributed by atoms with Crippen LogP contribution < -0.4 is 33.6 Å². The SMILES string of the molecule is NCCCCCCN.NCCNCCNCCN. The van der Waals surface area contributed by atoms with Crippen LogP contribution in [0.15, 0.2) is 0 Å². The highest BCUT2D eigenvalue weighted by atomic mass is 14.9. The van der Waals surface area contributed by atoms with Crippen LogP contribution in [0.1, 0.15) is 25.7 Å². The molecular formula is C12H34N6. The number of nitrogens with one attached hydrogen (secondary N) is 2. The standard InChI is InChI=1S/C6H18N4.C6H16N2/c7-1-3-9-5-6-10-4-2-8;7-5-3-1-2-4-6-8/h9-10H,1-8H2;1-8H2. The van der Waals surface area contributed by atoms with Gasteiger partial charge in [-0.05, 0) is 25.9 Å². The molecule has 0 atom stereocenters. The van der Waals surface area contributed by atoms with Gasteiger partial charge in [0.1, 0.15) is 0 Å². The molecule has 0 aliphatic rings. The number of hydrogen-bond acceptors (Lipinski definition) is 6. The summed E-state index contributed by atoms with van der Waals surface area (Å²) in [6.45, 7) is 6.78. The van der Waals surface area contributed by atoms with E-state index in [0.29, 0.717) is 13.1 Å². The van der Waals surface area contributed by atoms with Gasteiger partial charge >= 0.3 is 0 Å². The topological polar surface area (TPSA) is 128 Å². The van der Waals surface area contributed by atoms with E-state index in [0.717, 1.165) is 52.1 Å². The fourth-order valence-corrected chi connectivity index (χ4v) is 1.27. The van der Waals surface area contributed by atoms with E-state index in [9.17, 15) is 0 Å². The molecule has 6 nitrogen and oxygen atoms in total. The van der Waals surface area contributed by atoms with E-state index in [4.69, 9.17) is 22.9 Å². The molecule has 0 saturated carbocycles. The summed E-state index contributed by atoms with van der Waals surface area (Å²) in [6.07, 6.45) is 4.79. The summed E-state index contributed by atoms with van der Waals surface area (Å²) >= 11 is 0. The average molecular weight is 262 g/mol. The van der Waals surface area contributed by atoms with Crippen molar-refractivity contribution in [2.24, 2.45) is 22.9 Å². The van der Waals surface area contributed by atoms with Crippen LogP contribution >= 0.6 is 0 Å². The predicted molar refractivity (Wildman–Crippen MR) is 80.4 cm³/mol. The molecule has 0 aromatic rings. The van der Waals surface area contributed by atoms with Gasteiger partial charge in [0.15, 0.2) is 0 Å². The van der Waals surface area contributed by atoms with Crippen molar-refractivity contribution in [3.63, 3.8) is 0 Å². The predicted octanol–water partition coefficient (Wildman–Crippen LogP) is -1.45. The Morgan fingerprint density at radius 3 is 1.11 bits per heavy atom. The van der Waals surface area contributed by atoms with Crippen molar-refractivity contribution >= 4 is 0 Å². The Balaban J connectivity index is 0. The fraction of sp³-hybridized carbons (Fsp3) is 1.00. The van der Waals surface area contributed by atoms with Gasteiger partial charge in [-0.15, -0.1) is 0 Å². The Hall–Kier alpha value is -0.240. The molecule has 0 aromatic heterocycles. The Labute approximate surface area is 112 Å². The number of hydrogen-bond donors (Lipinski definition) is 6. The summed E-state index contributed by atoms with van der Waals surface area (Å²) in [5.41, 5.74) is 21.1. The summed E-state index contributed by atoms with van der Waals surface area (Å²) in [4.78, 5) is 0. The van der Waals surface area contributed by atoms with E-state index in [2.05, 4.69) is 10.6 Å². The first kappa shape index (κ1) is 20.1. The molecule has 0 bridgehead atoms. The lowest BCUT2D eigenvalue weighted by molar-refractivity contribution is 0.618. The summed E-state index contributed by atoms with van der Waals surface area (Å²) < 4.78 is 0. The second kappa shape index (κ2) is 22.0. The lowest BCUT2D eigenvalue weighted by atomic mass is 10.2. The van der Waals surface area contributed by atoms with Crippen molar-refractivity contribution in [3.05, 3.63) is 0 Å². The monoisotopic (exact) mass is 262 g/mol. The van der Waals surface area contributed by atoms with Crippen molar-refractivity contribution in [2.75, 3.05) is 52.4 Å². The highest BCUT2D eigenvalue weighted by molar-refractivity contribution is 4.51. The molecule has 0 amide bonds. The Kier molecular flexibility index (Phi) is 24.5. The van der Waals surface area contributed by atoms with Crippen LogP contribution in [0.3, 0.4) is 0 Å². The molecule has 0 rings (SSSR count). The van der Waals surface area contributed by atoms with Gasteiger partial charge in [0.2, 0.25) is 0 Å². The third kappa shape index (κ3) is 24.8. The number of rotatable bonds is 12. The Bertz CT molecular complexity index is 109. The minimum atomic E-state index is 0.705. The summed E-state index contributed by atoms with van der Waals surface area (Å²) in [5.74, 6) is 0. The first-order valence-electron chi connectivity index (χ1n) is 7.05. The highest BCUT2D eigenvalue weighted by Crippen LogP contribution is 1.95. The molecule has 0 heterocycles. The summed E-state index contributed by atoms with van der Waals surface area (Å²) in [7, 11) is 0. The molecule has 18 heavy (non-hydrogen) atoms. The van der Waals surface area contributed by atoms with Crippen LogP contribution in [0.2, 0.25) is 0 Å². The van der Waals surface area contributed by atoms with E-state index in [1.165, 1.54) is 12.8 Å². The van der Waals surface area contributed by atoms with Crippen LogP contribution in [-0.4, -0.2) is 52.4 Å². The van der Waals surface area contributed by atoms with E-state index in [1.54, 1.807) is 0 Å². The maximum Gasteiger partial charge on any atom is 0.00772 e. The normalized spacial score (nSPS) is 10.0. The molecular weight excluding hydrogens is 228 g/mol. The van der Waals surface area contributed by atoms with Crippen LogP contribution in [0.5, 0.6) is 0 Å². The lowest BCUT2D eigenvalue weighted by Gasteiger charge is -2.03. The van der Waals surface area contributed by atoms with E-state index < -0.39 is 0 Å². The first-order valence-corrected chi connectivity index (χ1v) is 7.05. The minimum absolute atomic E-state index is 0.705. The largest absolute Gasteiger partial charge is 0.330 e. The third-order valence-corrected chi connectivity index (χ3v) is 2.28. The van der Waals surface area contributed by atoms with Crippen LogP contribution in [-0.2, 0) is 0 Å². The van der Waals surface area contributed by atoms with Crippen LogP contribution in [0.25, 0.3) is 0 Å². The molecule has 0 spiro atoms.